The number of unbranched alkanes of at least 4 members (excludes halogenated alkanes) is 1. The number of fused-ring (bicyclic) bond motifs is 1. The largest absolute Gasteiger partial charge is 0.478 e. The molecule has 0 amide bonds. The van der Waals surface area contributed by atoms with E-state index in [9.17, 15) is 14.7 Å². The lowest BCUT2D eigenvalue weighted by Crippen LogP contribution is -2.26. The molecule has 1 unspecified atom stereocenters. The Kier molecular flexibility index (Phi) is 6.59. The maximum absolute atomic E-state index is 12.5. The minimum atomic E-state index is -1.03. The van der Waals surface area contributed by atoms with Gasteiger partial charge in [-0.2, -0.15) is 5.10 Å². The van der Waals surface area contributed by atoms with Crippen molar-refractivity contribution in [1.29, 1.82) is 0 Å². The van der Waals surface area contributed by atoms with E-state index in [1.165, 1.54) is 6.20 Å². The molecule has 7 nitrogen and oxygen atoms in total. The molecule has 0 aliphatic carbocycles. The Balaban J connectivity index is 2.12. The van der Waals surface area contributed by atoms with Crippen LogP contribution in [0.1, 0.15) is 56.6 Å². The number of hydrogen-bond acceptors (Lipinski definition) is 5. The molecule has 0 spiro atoms. The number of nitrogens with one attached hydrogen (secondary N) is 1. The maximum Gasteiger partial charge on any atom is 0.436 e. The average molecular weight is 418 g/mol. The Morgan fingerprint density at radius 1 is 1.24 bits per heavy atom. The standard InChI is InChI=1S/C21H24ClN3O4/c1-3-5-11-29-21(28)25-19-14(12-23-25)17(13-9-6-7-10-15(13)22)18(20(26)27)16(24-19)8-4-2/h6-7,9-10,12,17,24H,3-5,8,11H2,1-2H3,(H,26,27). The summed E-state index contributed by atoms with van der Waals surface area (Å²) in [5.41, 5.74) is 1.98. The lowest BCUT2D eigenvalue weighted by Gasteiger charge is -2.29. The fraction of sp³-hybridized carbons (Fsp3) is 0.381. The Bertz CT molecular complexity index is 951. The molecule has 0 radical (unpaired) electrons. The lowest BCUT2D eigenvalue weighted by molar-refractivity contribution is -0.133. The number of rotatable bonds is 7. The van der Waals surface area contributed by atoms with Crippen LogP contribution in [-0.2, 0) is 9.53 Å². The third kappa shape index (κ3) is 4.15. The van der Waals surface area contributed by atoms with Crippen LogP contribution in [0.25, 0.3) is 0 Å². The van der Waals surface area contributed by atoms with Crippen LogP contribution in [0.2, 0.25) is 5.02 Å². The summed E-state index contributed by atoms with van der Waals surface area (Å²) >= 11 is 6.42. The molecule has 0 fully saturated rings. The summed E-state index contributed by atoms with van der Waals surface area (Å²) in [5.74, 6) is -1.25. The second-order valence-electron chi connectivity index (χ2n) is 6.86. The molecule has 154 valence electrons. The zero-order valence-corrected chi connectivity index (χ0v) is 17.2. The van der Waals surface area contributed by atoms with E-state index < -0.39 is 18.0 Å². The van der Waals surface area contributed by atoms with Gasteiger partial charge < -0.3 is 15.2 Å². The molecular weight excluding hydrogens is 394 g/mol. The Morgan fingerprint density at radius 3 is 2.66 bits per heavy atom. The lowest BCUT2D eigenvalue weighted by atomic mass is 9.82. The van der Waals surface area contributed by atoms with Crippen molar-refractivity contribution in [3.63, 3.8) is 0 Å². The second-order valence-corrected chi connectivity index (χ2v) is 7.26. The van der Waals surface area contributed by atoms with Crippen LogP contribution in [0.5, 0.6) is 0 Å². The summed E-state index contributed by atoms with van der Waals surface area (Å²) in [6.45, 7) is 4.27. The zero-order valence-electron chi connectivity index (χ0n) is 16.4. The van der Waals surface area contributed by atoms with Crippen LogP contribution in [0, 0.1) is 0 Å². The number of anilines is 1. The molecule has 29 heavy (non-hydrogen) atoms. The van der Waals surface area contributed by atoms with E-state index >= 15 is 0 Å². The molecule has 1 aromatic heterocycles. The highest BCUT2D eigenvalue weighted by Crippen LogP contribution is 2.44. The van der Waals surface area contributed by atoms with E-state index in [-0.39, 0.29) is 5.57 Å². The maximum atomic E-state index is 12.5. The first-order valence-corrected chi connectivity index (χ1v) is 10.1. The first-order valence-electron chi connectivity index (χ1n) is 9.72. The molecule has 0 saturated carbocycles. The van der Waals surface area contributed by atoms with Crippen molar-refractivity contribution in [2.45, 2.75) is 45.4 Å². The topological polar surface area (TPSA) is 93.5 Å². The number of aliphatic carboxylic acids is 1. The Morgan fingerprint density at radius 2 is 2.00 bits per heavy atom. The molecule has 1 aliphatic rings. The van der Waals surface area contributed by atoms with Gasteiger partial charge in [-0.3, -0.25) is 0 Å². The van der Waals surface area contributed by atoms with E-state index in [1.807, 2.05) is 19.9 Å². The number of nitrogens with zero attached hydrogens (tertiary/aromatic N) is 2. The van der Waals surface area contributed by atoms with Crippen LogP contribution in [0.4, 0.5) is 10.6 Å². The zero-order chi connectivity index (χ0) is 21.0. The molecule has 0 bridgehead atoms. The monoisotopic (exact) mass is 417 g/mol. The number of carboxylic acid groups (broad SMARTS) is 1. The van der Waals surface area contributed by atoms with E-state index in [1.54, 1.807) is 18.2 Å². The molecule has 2 N–H and O–H groups in total. The number of carbonyl (C=O) groups is 2. The van der Waals surface area contributed by atoms with Crippen LogP contribution in [0.3, 0.4) is 0 Å². The summed E-state index contributed by atoms with van der Waals surface area (Å²) in [4.78, 5) is 24.7. The first-order chi connectivity index (χ1) is 14.0. The third-order valence-corrected chi connectivity index (χ3v) is 5.18. The Hall–Kier alpha value is -2.80. The molecule has 0 saturated heterocycles. The fourth-order valence-electron chi connectivity index (χ4n) is 3.47. The highest BCUT2D eigenvalue weighted by molar-refractivity contribution is 6.31. The highest BCUT2D eigenvalue weighted by Gasteiger charge is 2.37. The highest BCUT2D eigenvalue weighted by atomic mass is 35.5. The van der Waals surface area contributed by atoms with Gasteiger partial charge in [0.05, 0.1) is 18.4 Å². The molecule has 8 heteroatoms. The predicted molar refractivity (Wildman–Crippen MR) is 110 cm³/mol. The van der Waals surface area contributed by atoms with Gasteiger partial charge >= 0.3 is 12.1 Å². The Labute approximate surface area is 174 Å². The average Bonchev–Trinajstić information content (AvgIpc) is 3.11. The van der Waals surface area contributed by atoms with E-state index in [4.69, 9.17) is 16.3 Å². The van der Waals surface area contributed by atoms with Crippen LogP contribution >= 0.6 is 11.6 Å². The quantitative estimate of drug-likeness (QED) is 0.614. The van der Waals surface area contributed by atoms with Gasteiger partial charge in [0, 0.05) is 22.2 Å². The van der Waals surface area contributed by atoms with Gasteiger partial charge in [-0.15, -0.1) is 4.68 Å². The fourth-order valence-corrected chi connectivity index (χ4v) is 3.72. The van der Waals surface area contributed by atoms with Gasteiger partial charge in [-0.25, -0.2) is 9.59 Å². The predicted octanol–water partition coefficient (Wildman–Crippen LogP) is 5.02. The van der Waals surface area contributed by atoms with Gasteiger partial charge in [0.15, 0.2) is 0 Å². The van der Waals surface area contributed by atoms with Crippen molar-refractivity contribution >= 4 is 29.5 Å². The number of ether oxygens (including phenoxy) is 1. The number of carbonyl (C=O) groups excluding carboxylic acids is 1. The molecule has 1 aromatic carbocycles. The molecule has 2 heterocycles. The molecule has 3 rings (SSSR count). The number of benzene rings is 1. The summed E-state index contributed by atoms with van der Waals surface area (Å²) < 4.78 is 6.45. The van der Waals surface area contributed by atoms with Gasteiger partial charge in [0.1, 0.15) is 5.82 Å². The minimum Gasteiger partial charge on any atom is -0.478 e. The van der Waals surface area contributed by atoms with Gasteiger partial charge in [0.25, 0.3) is 0 Å². The SMILES string of the molecule is CCCCOC(=O)n1ncc2c1NC(CCC)=C(C(=O)O)C2c1ccccc1Cl. The molecular formula is C21H24ClN3O4. The molecule has 1 aliphatic heterocycles. The van der Waals surface area contributed by atoms with Crippen LogP contribution in [0.15, 0.2) is 41.7 Å². The second kappa shape index (κ2) is 9.13. The normalized spacial score (nSPS) is 15.6. The molecule has 1 atom stereocenters. The van der Waals surface area contributed by atoms with Crippen molar-refractivity contribution in [2.75, 3.05) is 11.9 Å². The van der Waals surface area contributed by atoms with Crippen LogP contribution < -0.4 is 5.32 Å². The van der Waals surface area contributed by atoms with Crippen molar-refractivity contribution < 1.29 is 19.4 Å². The number of allylic oxidation sites excluding steroid dienone is 1. The summed E-state index contributed by atoms with van der Waals surface area (Å²) in [5, 5.41) is 17.8. The van der Waals surface area contributed by atoms with Gasteiger partial charge in [0.2, 0.25) is 0 Å². The van der Waals surface area contributed by atoms with Gasteiger partial charge in [-0.05, 0) is 24.5 Å². The van der Waals surface area contributed by atoms with Crippen molar-refractivity contribution in [2.24, 2.45) is 0 Å². The number of carboxylic acids is 1. The number of hydrogen-bond donors (Lipinski definition) is 2. The van der Waals surface area contributed by atoms with Crippen LogP contribution in [-0.4, -0.2) is 33.6 Å². The number of aromatic nitrogens is 2. The van der Waals surface area contributed by atoms with Crippen molar-refractivity contribution in [3.05, 3.63) is 57.9 Å². The van der Waals surface area contributed by atoms with Gasteiger partial charge in [-0.1, -0.05) is 56.5 Å². The number of halogens is 1. The van der Waals surface area contributed by atoms with Crippen molar-refractivity contribution in [3.8, 4) is 0 Å². The summed E-state index contributed by atoms with van der Waals surface area (Å²) in [6.07, 6.45) is 3.82. The summed E-state index contributed by atoms with van der Waals surface area (Å²) in [7, 11) is 0. The summed E-state index contributed by atoms with van der Waals surface area (Å²) in [6, 6.07) is 7.12. The molecule has 2 aromatic rings. The third-order valence-electron chi connectivity index (χ3n) is 4.83. The van der Waals surface area contributed by atoms with E-state index in [2.05, 4.69) is 10.4 Å². The van der Waals surface area contributed by atoms with E-state index in [0.717, 1.165) is 23.9 Å². The minimum absolute atomic E-state index is 0.214. The van der Waals surface area contributed by atoms with E-state index in [0.29, 0.717) is 40.7 Å². The first kappa shape index (κ1) is 20.9. The van der Waals surface area contributed by atoms with Crippen molar-refractivity contribution in [1.82, 2.24) is 9.78 Å². The smallest absolute Gasteiger partial charge is 0.436 e.